The van der Waals surface area contributed by atoms with Gasteiger partial charge in [0.25, 0.3) is 0 Å². The standard InChI is InChI=1S/C28H54O4S/c1-3-28(4-2,32-33(29,30)31)24-18-10-8-6-5-7-9-17-23-27(25-19-13-11-14-20-25)26-21-15-12-16-22-26/h25-27H,3-24H2,1-2H3,(H,29,30,31). The van der Waals surface area contributed by atoms with Crippen LogP contribution in [-0.2, 0) is 14.6 Å². The SMILES string of the molecule is CCC(CC)(CCCCCCCCCCC(C1CCCCC1)C1CCCCC1)OS(=O)(=O)O. The Labute approximate surface area is 206 Å². The molecule has 2 rings (SSSR count). The summed E-state index contributed by atoms with van der Waals surface area (Å²) < 4.78 is 36.5. The van der Waals surface area contributed by atoms with Crippen molar-refractivity contribution in [3.63, 3.8) is 0 Å². The fourth-order valence-electron chi connectivity index (χ4n) is 6.86. The molecule has 196 valence electrons. The average Bonchev–Trinajstić information content (AvgIpc) is 2.82. The summed E-state index contributed by atoms with van der Waals surface area (Å²) in [5.41, 5.74) is -0.735. The first-order valence-corrected chi connectivity index (χ1v) is 15.9. The van der Waals surface area contributed by atoms with Gasteiger partial charge in [-0.15, -0.1) is 0 Å². The molecular formula is C28H54O4S. The number of hydrogen-bond donors (Lipinski definition) is 1. The summed E-state index contributed by atoms with van der Waals surface area (Å²) in [6.45, 7) is 3.86. The normalized spacial score (nSPS) is 19.4. The minimum Gasteiger partial charge on any atom is -0.264 e. The molecule has 0 spiro atoms. The molecule has 0 radical (unpaired) electrons. The highest BCUT2D eigenvalue weighted by Gasteiger charge is 2.32. The van der Waals surface area contributed by atoms with Crippen LogP contribution in [-0.4, -0.2) is 18.6 Å². The van der Waals surface area contributed by atoms with Crippen molar-refractivity contribution < 1.29 is 17.2 Å². The molecule has 0 aromatic heterocycles. The van der Waals surface area contributed by atoms with Crippen LogP contribution in [0.5, 0.6) is 0 Å². The quantitative estimate of drug-likeness (QED) is 0.164. The second-order valence-corrected chi connectivity index (χ2v) is 12.3. The van der Waals surface area contributed by atoms with Gasteiger partial charge in [0.2, 0.25) is 0 Å². The zero-order chi connectivity index (χ0) is 24.0. The number of rotatable bonds is 17. The van der Waals surface area contributed by atoms with Crippen LogP contribution in [0.15, 0.2) is 0 Å². The van der Waals surface area contributed by atoms with E-state index in [2.05, 4.69) is 0 Å². The molecule has 0 bridgehead atoms. The van der Waals surface area contributed by atoms with E-state index >= 15 is 0 Å². The fraction of sp³-hybridized carbons (Fsp3) is 1.00. The van der Waals surface area contributed by atoms with Gasteiger partial charge in [-0.2, -0.15) is 8.42 Å². The minimum atomic E-state index is -4.39. The lowest BCUT2D eigenvalue weighted by atomic mass is 9.68. The van der Waals surface area contributed by atoms with Crippen molar-refractivity contribution >= 4 is 10.4 Å². The molecule has 0 saturated heterocycles. The van der Waals surface area contributed by atoms with Crippen molar-refractivity contribution in [3.05, 3.63) is 0 Å². The van der Waals surface area contributed by atoms with Crippen LogP contribution in [0.3, 0.4) is 0 Å². The maximum Gasteiger partial charge on any atom is 0.397 e. The smallest absolute Gasteiger partial charge is 0.264 e. The molecular weight excluding hydrogens is 432 g/mol. The number of hydrogen-bond acceptors (Lipinski definition) is 3. The predicted octanol–water partition coefficient (Wildman–Crippen LogP) is 9.04. The highest BCUT2D eigenvalue weighted by molar-refractivity contribution is 7.80. The molecule has 0 amide bonds. The van der Waals surface area contributed by atoms with Crippen LogP contribution in [0.2, 0.25) is 0 Å². The molecule has 2 saturated carbocycles. The number of unbranched alkanes of at least 4 members (excludes halogenated alkanes) is 7. The van der Waals surface area contributed by atoms with E-state index in [9.17, 15) is 8.42 Å². The Morgan fingerprint density at radius 2 is 1.15 bits per heavy atom. The van der Waals surface area contributed by atoms with E-state index in [1.54, 1.807) is 0 Å². The van der Waals surface area contributed by atoms with Gasteiger partial charge in [-0.25, -0.2) is 4.18 Å². The molecule has 0 heterocycles. The van der Waals surface area contributed by atoms with Gasteiger partial charge in [-0.3, -0.25) is 4.55 Å². The van der Waals surface area contributed by atoms with Crippen molar-refractivity contribution in [3.8, 4) is 0 Å². The molecule has 2 fully saturated rings. The van der Waals surface area contributed by atoms with E-state index in [0.29, 0.717) is 19.3 Å². The van der Waals surface area contributed by atoms with Crippen LogP contribution in [0.25, 0.3) is 0 Å². The Kier molecular flexibility index (Phi) is 13.9. The van der Waals surface area contributed by atoms with Gasteiger partial charge in [-0.1, -0.05) is 129 Å². The molecule has 1 N–H and O–H groups in total. The fourth-order valence-corrected chi connectivity index (χ4v) is 7.62. The van der Waals surface area contributed by atoms with Crippen LogP contribution in [0, 0.1) is 17.8 Å². The Morgan fingerprint density at radius 1 is 0.727 bits per heavy atom. The van der Waals surface area contributed by atoms with Gasteiger partial charge in [0.1, 0.15) is 0 Å². The highest BCUT2D eigenvalue weighted by Crippen LogP contribution is 2.42. The molecule has 4 nitrogen and oxygen atoms in total. The van der Waals surface area contributed by atoms with Crippen LogP contribution in [0.1, 0.15) is 155 Å². The lowest BCUT2D eigenvalue weighted by Gasteiger charge is -2.38. The van der Waals surface area contributed by atoms with Crippen molar-refractivity contribution in [1.82, 2.24) is 0 Å². The van der Waals surface area contributed by atoms with Crippen molar-refractivity contribution in [1.29, 1.82) is 0 Å². The van der Waals surface area contributed by atoms with Crippen molar-refractivity contribution in [2.75, 3.05) is 0 Å². The highest BCUT2D eigenvalue weighted by atomic mass is 32.3. The van der Waals surface area contributed by atoms with Crippen LogP contribution < -0.4 is 0 Å². The third-order valence-electron chi connectivity index (χ3n) is 9.00. The van der Waals surface area contributed by atoms with E-state index in [1.165, 1.54) is 109 Å². The van der Waals surface area contributed by atoms with Gasteiger partial charge in [0, 0.05) is 0 Å². The second-order valence-electron chi connectivity index (χ2n) is 11.2. The Bertz CT molecular complexity index is 569. The first-order chi connectivity index (χ1) is 15.9. The van der Waals surface area contributed by atoms with E-state index in [1.807, 2.05) is 13.8 Å². The maximum absolute atomic E-state index is 11.2. The average molecular weight is 487 g/mol. The summed E-state index contributed by atoms with van der Waals surface area (Å²) in [4.78, 5) is 0. The van der Waals surface area contributed by atoms with Gasteiger partial charge < -0.3 is 0 Å². The Hall–Kier alpha value is -0.130. The van der Waals surface area contributed by atoms with E-state index < -0.39 is 16.0 Å². The second kappa shape index (κ2) is 15.8. The summed E-state index contributed by atoms with van der Waals surface area (Å²) in [5.74, 6) is 3.09. The monoisotopic (exact) mass is 486 g/mol. The summed E-state index contributed by atoms with van der Waals surface area (Å²) in [6, 6.07) is 0. The van der Waals surface area contributed by atoms with Gasteiger partial charge >= 0.3 is 10.4 Å². The molecule has 0 unspecified atom stereocenters. The van der Waals surface area contributed by atoms with E-state index in [0.717, 1.165) is 30.6 Å². The molecule has 0 aliphatic heterocycles. The predicted molar refractivity (Wildman–Crippen MR) is 139 cm³/mol. The third kappa shape index (κ3) is 11.4. The van der Waals surface area contributed by atoms with E-state index in [-0.39, 0.29) is 0 Å². The molecule has 0 atom stereocenters. The van der Waals surface area contributed by atoms with Gasteiger partial charge in [0.15, 0.2) is 0 Å². The van der Waals surface area contributed by atoms with Crippen LogP contribution >= 0.6 is 0 Å². The lowest BCUT2D eigenvalue weighted by molar-refractivity contribution is 0.0428. The largest absolute Gasteiger partial charge is 0.397 e. The van der Waals surface area contributed by atoms with Crippen molar-refractivity contribution in [2.24, 2.45) is 17.8 Å². The summed E-state index contributed by atoms with van der Waals surface area (Å²) >= 11 is 0. The van der Waals surface area contributed by atoms with Gasteiger partial charge in [-0.05, 0) is 43.4 Å². The van der Waals surface area contributed by atoms with Crippen molar-refractivity contribution in [2.45, 2.75) is 161 Å². The zero-order valence-corrected chi connectivity index (χ0v) is 22.7. The first kappa shape index (κ1) is 29.1. The molecule has 5 heteroatoms. The maximum atomic E-state index is 11.2. The molecule has 2 aliphatic carbocycles. The summed E-state index contributed by atoms with van der Waals surface area (Å²) in [7, 11) is -4.39. The zero-order valence-electron chi connectivity index (χ0n) is 21.9. The summed E-state index contributed by atoms with van der Waals surface area (Å²) in [5, 5.41) is 0. The van der Waals surface area contributed by atoms with Crippen LogP contribution in [0.4, 0.5) is 0 Å². The lowest BCUT2D eigenvalue weighted by Crippen LogP contribution is -2.33. The topological polar surface area (TPSA) is 63.6 Å². The van der Waals surface area contributed by atoms with Gasteiger partial charge in [0.05, 0.1) is 5.60 Å². The summed E-state index contributed by atoms with van der Waals surface area (Å²) in [6.07, 6.45) is 28.4. The Balaban J connectivity index is 1.57. The third-order valence-corrected chi connectivity index (χ3v) is 9.57. The molecule has 2 aliphatic rings. The van der Waals surface area contributed by atoms with E-state index in [4.69, 9.17) is 8.74 Å². The Morgan fingerprint density at radius 3 is 1.58 bits per heavy atom. The molecule has 33 heavy (non-hydrogen) atoms. The minimum absolute atomic E-state index is 0.603. The first-order valence-electron chi connectivity index (χ1n) is 14.6. The molecule has 0 aromatic rings. The molecule has 0 aromatic carbocycles.